The molecule has 1 atom stereocenters. The number of alkyl halides is 3. The quantitative estimate of drug-likeness (QED) is 0.825. The van der Waals surface area contributed by atoms with Crippen molar-refractivity contribution in [2.45, 2.75) is 32.2 Å². The first-order valence-corrected chi connectivity index (χ1v) is 7.54. The lowest BCUT2D eigenvalue weighted by Crippen LogP contribution is -2.41. The number of amides is 1. The summed E-state index contributed by atoms with van der Waals surface area (Å²) >= 11 is 5.57. The van der Waals surface area contributed by atoms with Gasteiger partial charge in [-0.05, 0) is 36.8 Å². The summed E-state index contributed by atoms with van der Waals surface area (Å²) in [5, 5.41) is 5.19. The first kappa shape index (κ1) is 18.4. The fraction of sp³-hybridized carbons (Fsp3) is 0.312. The summed E-state index contributed by atoms with van der Waals surface area (Å²) in [7, 11) is 0. The Hall–Kier alpha value is -1.99. The van der Waals surface area contributed by atoms with Gasteiger partial charge < -0.3 is 15.1 Å². The number of hydrogen-bond donors (Lipinski definition) is 2. The fourth-order valence-electron chi connectivity index (χ4n) is 2.00. The van der Waals surface area contributed by atoms with Crippen molar-refractivity contribution < 1.29 is 22.4 Å². The van der Waals surface area contributed by atoms with Gasteiger partial charge in [-0.1, -0.05) is 17.7 Å². The van der Waals surface area contributed by atoms with Crippen LogP contribution >= 0.6 is 11.6 Å². The molecule has 0 aliphatic carbocycles. The minimum Gasteiger partial charge on any atom is -0.467 e. The van der Waals surface area contributed by atoms with Crippen molar-refractivity contribution in [3.63, 3.8) is 0 Å². The van der Waals surface area contributed by atoms with Crippen LogP contribution < -0.4 is 10.6 Å². The molecule has 1 heterocycles. The largest absolute Gasteiger partial charge is 0.467 e. The van der Waals surface area contributed by atoms with Gasteiger partial charge in [0.1, 0.15) is 5.76 Å². The highest BCUT2D eigenvalue weighted by Crippen LogP contribution is 2.35. The van der Waals surface area contributed by atoms with Crippen LogP contribution in [0.15, 0.2) is 41.0 Å². The van der Waals surface area contributed by atoms with Gasteiger partial charge in [-0.15, -0.1) is 0 Å². The molecule has 8 heteroatoms. The van der Waals surface area contributed by atoms with E-state index in [2.05, 4.69) is 10.6 Å². The summed E-state index contributed by atoms with van der Waals surface area (Å²) in [6.07, 6.45) is -3.01. The minimum atomic E-state index is -4.51. The number of carbonyl (C=O) groups is 1. The molecule has 0 aliphatic heterocycles. The third kappa shape index (κ3) is 5.01. The maximum Gasteiger partial charge on any atom is 0.417 e. The van der Waals surface area contributed by atoms with Crippen molar-refractivity contribution in [2.75, 3.05) is 0 Å². The highest BCUT2D eigenvalue weighted by molar-refractivity contribution is 6.31. The number of carbonyl (C=O) groups excluding carboxylic acids is 1. The Morgan fingerprint density at radius 3 is 2.67 bits per heavy atom. The zero-order valence-corrected chi connectivity index (χ0v) is 13.5. The van der Waals surface area contributed by atoms with Crippen LogP contribution in [0.25, 0.3) is 0 Å². The van der Waals surface area contributed by atoms with E-state index in [0.29, 0.717) is 11.3 Å². The molecular formula is C16H16ClF3N2O2. The Bertz CT molecular complexity index is 687. The molecule has 2 N–H and O–H groups in total. The molecular weight excluding hydrogens is 345 g/mol. The van der Waals surface area contributed by atoms with Crippen LogP contribution in [0.1, 0.15) is 23.8 Å². The molecule has 1 aromatic carbocycles. The maximum atomic E-state index is 12.8. The standard InChI is InChI=1S/C16H16ClF3N2O2/c1-10(15(23)22-9-12-3-2-6-24-12)21-8-11-4-5-14(17)13(7-11)16(18,19)20/h2-7,10,21H,8-9H2,1H3,(H,22,23). The van der Waals surface area contributed by atoms with E-state index in [9.17, 15) is 18.0 Å². The van der Waals surface area contributed by atoms with E-state index in [1.807, 2.05) is 0 Å². The minimum absolute atomic E-state index is 0.107. The number of nitrogens with one attached hydrogen (secondary N) is 2. The second-order valence-corrected chi connectivity index (χ2v) is 5.62. The van der Waals surface area contributed by atoms with Gasteiger partial charge in [0, 0.05) is 6.54 Å². The number of benzene rings is 1. The molecule has 0 saturated carbocycles. The molecule has 130 valence electrons. The normalized spacial score (nSPS) is 12.9. The molecule has 0 spiro atoms. The lowest BCUT2D eigenvalue weighted by molar-refractivity contribution is -0.137. The summed E-state index contributed by atoms with van der Waals surface area (Å²) in [6.45, 7) is 1.98. The van der Waals surface area contributed by atoms with Gasteiger partial charge in [0.25, 0.3) is 0 Å². The molecule has 0 radical (unpaired) electrons. The topological polar surface area (TPSA) is 54.3 Å². The van der Waals surface area contributed by atoms with Gasteiger partial charge in [-0.25, -0.2) is 0 Å². The van der Waals surface area contributed by atoms with Gasteiger partial charge in [-0.3, -0.25) is 4.79 Å². The molecule has 1 amide bonds. The Kier molecular flexibility index (Phi) is 5.90. The zero-order chi connectivity index (χ0) is 17.7. The Morgan fingerprint density at radius 2 is 2.04 bits per heavy atom. The summed E-state index contributed by atoms with van der Waals surface area (Å²) in [6, 6.07) is 6.52. The van der Waals surface area contributed by atoms with Crippen LogP contribution in [-0.4, -0.2) is 11.9 Å². The van der Waals surface area contributed by atoms with Gasteiger partial charge in [0.15, 0.2) is 0 Å². The van der Waals surface area contributed by atoms with Crippen LogP contribution in [0.5, 0.6) is 0 Å². The van der Waals surface area contributed by atoms with Crippen LogP contribution in [-0.2, 0) is 24.1 Å². The number of rotatable bonds is 6. The van der Waals surface area contributed by atoms with Gasteiger partial charge in [0.2, 0.25) is 5.91 Å². The molecule has 4 nitrogen and oxygen atoms in total. The predicted molar refractivity (Wildman–Crippen MR) is 83.3 cm³/mol. The molecule has 1 unspecified atom stereocenters. The highest BCUT2D eigenvalue weighted by Gasteiger charge is 2.33. The highest BCUT2D eigenvalue weighted by atomic mass is 35.5. The lowest BCUT2D eigenvalue weighted by atomic mass is 10.1. The summed E-state index contributed by atoms with van der Waals surface area (Å²) in [4.78, 5) is 11.9. The van der Waals surface area contributed by atoms with Crippen molar-refractivity contribution in [2.24, 2.45) is 0 Å². The van der Waals surface area contributed by atoms with Crippen LogP contribution in [0.3, 0.4) is 0 Å². The van der Waals surface area contributed by atoms with Crippen LogP contribution in [0.4, 0.5) is 13.2 Å². The van der Waals surface area contributed by atoms with Crippen molar-refractivity contribution in [3.05, 3.63) is 58.5 Å². The molecule has 0 saturated heterocycles. The average Bonchev–Trinajstić information content (AvgIpc) is 3.03. The van der Waals surface area contributed by atoms with E-state index in [1.165, 1.54) is 18.4 Å². The first-order chi connectivity index (χ1) is 11.3. The number of furan rings is 1. The molecule has 24 heavy (non-hydrogen) atoms. The number of hydrogen-bond acceptors (Lipinski definition) is 3. The van der Waals surface area contributed by atoms with Crippen molar-refractivity contribution in [3.8, 4) is 0 Å². The number of halogens is 4. The van der Waals surface area contributed by atoms with Crippen molar-refractivity contribution >= 4 is 17.5 Å². The fourth-order valence-corrected chi connectivity index (χ4v) is 2.23. The zero-order valence-electron chi connectivity index (χ0n) is 12.8. The second-order valence-electron chi connectivity index (χ2n) is 5.21. The van der Waals surface area contributed by atoms with E-state index in [1.54, 1.807) is 19.1 Å². The molecule has 2 rings (SSSR count). The Labute approximate surface area is 142 Å². The third-order valence-electron chi connectivity index (χ3n) is 3.36. The predicted octanol–water partition coefficient (Wildman–Crippen LogP) is 3.75. The second kappa shape index (κ2) is 7.72. The lowest BCUT2D eigenvalue weighted by Gasteiger charge is -2.15. The van der Waals surface area contributed by atoms with Crippen molar-refractivity contribution in [1.29, 1.82) is 0 Å². The van der Waals surface area contributed by atoms with E-state index in [-0.39, 0.29) is 24.0 Å². The first-order valence-electron chi connectivity index (χ1n) is 7.16. The smallest absolute Gasteiger partial charge is 0.417 e. The van der Waals surface area contributed by atoms with Crippen molar-refractivity contribution in [1.82, 2.24) is 10.6 Å². The van der Waals surface area contributed by atoms with Crippen LogP contribution in [0, 0.1) is 0 Å². The molecule has 0 bridgehead atoms. The SMILES string of the molecule is CC(NCc1ccc(Cl)c(C(F)(F)F)c1)C(=O)NCc1ccco1. The van der Waals surface area contributed by atoms with Crippen LogP contribution in [0.2, 0.25) is 5.02 Å². The summed E-state index contributed by atoms with van der Waals surface area (Å²) < 4.78 is 43.5. The molecule has 0 fully saturated rings. The molecule has 1 aromatic heterocycles. The van der Waals surface area contributed by atoms with Gasteiger partial charge >= 0.3 is 6.18 Å². The van der Waals surface area contributed by atoms with E-state index >= 15 is 0 Å². The van der Waals surface area contributed by atoms with E-state index in [0.717, 1.165) is 6.07 Å². The Balaban J connectivity index is 1.89. The molecule has 0 aliphatic rings. The third-order valence-corrected chi connectivity index (χ3v) is 3.69. The van der Waals surface area contributed by atoms with E-state index in [4.69, 9.17) is 16.0 Å². The monoisotopic (exact) mass is 360 g/mol. The maximum absolute atomic E-state index is 12.8. The van der Waals surface area contributed by atoms with E-state index < -0.39 is 17.8 Å². The molecule has 2 aromatic rings. The average molecular weight is 361 g/mol. The van der Waals surface area contributed by atoms with Gasteiger partial charge in [-0.2, -0.15) is 13.2 Å². The summed E-state index contributed by atoms with van der Waals surface area (Å²) in [5.74, 6) is 0.333. The summed E-state index contributed by atoms with van der Waals surface area (Å²) in [5.41, 5.74) is -0.504. The Morgan fingerprint density at radius 1 is 1.29 bits per heavy atom. The van der Waals surface area contributed by atoms with Gasteiger partial charge in [0.05, 0.1) is 29.4 Å².